The van der Waals surface area contributed by atoms with Gasteiger partial charge in [-0.25, -0.2) is 0 Å². The molecule has 2 heterocycles. The van der Waals surface area contributed by atoms with Crippen LogP contribution in [0.5, 0.6) is 0 Å². The number of aliphatic hydroxyl groups is 2. The summed E-state index contributed by atoms with van der Waals surface area (Å²) in [6, 6.07) is -1.01. The van der Waals surface area contributed by atoms with Crippen molar-refractivity contribution in [3.63, 3.8) is 0 Å². The van der Waals surface area contributed by atoms with Gasteiger partial charge in [0.15, 0.2) is 6.10 Å². The van der Waals surface area contributed by atoms with Crippen molar-refractivity contribution in [2.24, 2.45) is 5.92 Å². The maximum Gasteiger partial charge on any atom is 0.306 e. The zero-order valence-electron chi connectivity index (χ0n) is 29.6. The van der Waals surface area contributed by atoms with E-state index in [1.54, 1.807) is 13.2 Å². The number of carbonyl (C=O) groups is 2. The Morgan fingerprint density at radius 2 is 1.46 bits per heavy atom. The molecule has 0 aromatic carbocycles. The Bertz CT molecular complexity index is 836. The number of unbranched alkanes of at least 4 members (excludes halogenated alkanes) is 14. The number of esters is 1. The van der Waals surface area contributed by atoms with E-state index >= 15 is 0 Å². The van der Waals surface area contributed by atoms with E-state index in [1.807, 2.05) is 7.05 Å². The summed E-state index contributed by atoms with van der Waals surface area (Å²) in [5.41, 5.74) is -0.702. The molecule has 9 atom stereocenters. The van der Waals surface area contributed by atoms with E-state index < -0.39 is 47.2 Å². The number of nitrogens with one attached hydrogen (secondary N) is 1. The van der Waals surface area contributed by atoms with Gasteiger partial charge in [-0.2, -0.15) is 0 Å². The fraction of sp³-hybridized carbons (Fsp3) is 0.944. The van der Waals surface area contributed by atoms with E-state index in [-0.39, 0.29) is 18.4 Å². The SMILES string of the molecule is CCCCCCCCCCCCCCCCCC(=O)OC1C(SC)OC(C(NC(=O)[C@@H]2CC(CCC)CN2C)C(C)Cl)C(O)C1O. The molecular formula is C36H67ClN2O6S. The Kier molecular flexibility index (Phi) is 21.4. The van der Waals surface area contributed by atoms with Gasteiger partial charge in [-0.3, -0.25) is 14.5 Å². The molecule has 0 aromatic rings. The van der Waals surface area contributed by atoms with E-state index in [2.05, 4.69) is 24.1 Å². The number of likely N-dealkylation sites (N-methyl/N-ethyl adjacent to an activating group) is 1. The number of thioether (sulfide) groups is 1. The van der Waals surface area contributed by atoms with Crippen molar-refractivity contribution < 1.29 is 29.3 Å². The Morgan fingerprint density at radius 1 is 0.913 bits per heavy atom. The van der Waals surface area contributed by atoms with Gasteiger partial charge in [0, 0.05) is 13.0 Å². The molecule has 0 saturated carbocycles. The largest absolute Gasteiger partial charge is 0.456 e. The highest BCUT2D eigenvalue weighted by molar-refractivity contribution is 7.99. The van der Waals surface area contributed by atoms with Crippen molar-refractivity contribution in [1.29, 1.82) is 0 Å². The van der Waals surface area contributed by atoms with Crippen molar-refractivity contribution in [1.82, 2.24) is 10.2 Å². The number of likely N-dealkylation sites (tertiary alicyclic amines) is 1. The minimum absolute atomic E-state index is 0.151. The number of amides is 1. The minimum Gasteiger partial charge on any atom is -0.456 e. The molecule has 2 rings (SSSR count). The maximum atomic E-state index is 13.3. The smallest absolute Gasteiger partial charge is 0.306 e. The Labute approximate surface area is 289 Å². The summed E-state index contributed by atoms with van der Waals surface area (Å²) < 4.78 is 11.9. The molecular weight excluding hydrogens is 624 g/mol. The first kappa shape index (κ1) is 41.6. The third-order valence-corrected chi connectivity index (χ3v) is 11.0. The van der Waals surface area contributed by atoms with Gasteiger partial charge in [0.05, 0.1) is 17.5 Å². The van der Waals surface area contributed by atoms with Crippen LogP contribution in [0.25, 0.3) is 0 Å². The van der Waals surface area contributed by atoms with Crippen LogP contribution in [0.15, 0.2) is 0 Å². The first-order chi connectivity index (χ1) is 22.1. The number of nitrogens with zero attached hydrogens (tertiary/aromatic N) is 1. The van der Waals surface area contributed by atoms with Crippen LogP contribution in [0.2, 0.25) is 0 Å². The molecule has 3 N–H and O–H groups in total. The summed E-state index contributed by atoms with van der Waals surface area (Å²) in [6.07, 6.45) is 19.1. The summed E-state index contributed by atoms with van der Waals surface area (Å²) >= 11 is 7.83. The molecule has 1 amide bonds. The predicted molar refractivity (Wildman–Crippen MR) is 190 cm³/mol. The lowest BCUT2D eigenvalue weighted by Gasteiger charge is -2.45. The average molecular weight is 691 g/mol. The molecule has 0 aromatic heterocycles. The standard InChI is InChI=1S/C36H67ClN2O6S/c1-6-8-9-10-11-12-13-14-15-16-17-18-19-20-21-23-29(40)44-34-32(42)31(41)33(45-36(34)46-5)30(26(3)37)38-35(43)28-24-27(22-7-2)25-39(28)4/h26-28,30-34,36,41-42H,6-25H2,1-5H3,(H,38,43)/t26?,27?,28-,30?,31?,32?,33?,34?,36?/m0/s1. The molecule has 0 bridgehead atoms. The molecule has 8 nitrogen and oxygen atoms in total. The van der Waals surface area contributed by atoms with Crippen molar-refractivity contribution in [2.45, 2.75) is 190 Å². The van der Waals surface area contributed by atoms with E-state index in [0.29, 0.717) is 5.92 Å². The predicted octanol–water partition coefficient (Wildman–Crippen LogP) is 7.20. The number of carbonyl (C=O) groups excluding carboxylic acids is 2. The molecule has 8 unspecified atom stereocenters. The number of hydrogen-bond acceptors (Lipinski definition) is 8. The number of alkyl halides is 1. The first-order valence-electron chi connectivity index (χ1n) is 18.5. The van der Waals surface area contributed by atoms with Gasteiger partial charge in [0.25, 0.3) is 0 Å². The third-order valence-electron chi connectivity index (χ3n) is 9.86. The fourth-order valence-corrected chi connectivity index (χ4v) is 8.00. The second kappa shape index (κ2) is 23.7. The van der Waals surface area contributed by atoms with Crippen LogP contribution >= 0.6 is 23.4 Å². The molecule has 10 heteroatoms. The molecule has 2 fully saturated rings. The number of aliphatic hydroxyl groups excluding tert-OH is 2. The first-order valence-corrected chi connectivity index (χ1v) is 20.2. The second-order valence-corrected chi connectivity index (χ2v) is 15.5. The van der Waals surface area contributed by atoms with Crippen LogP contribution in [0.3, 0.4) is 0 Å². The zero-order chi connectivity index (χ0) is 33.9. The Balaban J connectivity index is 1.71. The lowest BCUT2D eigenvalue weighted by Crippen LogP contribution is -2.65. The highest BCUT2D eigenvalue weighted by Crippen LogP contribution is 2.33. The molecule has 2 aliphatic rings. The number of ether oxygens (including phenoxy) is 2. The minimum atomic E-state index is -1.38. The van der Waals surface area contributed by atoms with Gasteiger partial charge in [-0.1, -0.05) is 110 Å². The average Bonchev–Trinajstić information content (AvgIpc) is 3.40. The fourth-order valence-electron chi connectivity index (χ4n) is 7.07. The molecule has 0 radical (unpaired) electrons. The van der Waals surface area contributed by atoms with Crippen LogP contribution in [-0.4, -0.2) is 94.2 Å². The van der Waals surface area contributed by atoms with E-state index in [0.717, 1.165) is 45.1 Å². The van der Waals surface area contributed by atoms with Crippen molar-refractivity contribution in [3.8, 4) is 0 Å². The van der Waals surface area contributed by atoms with Gasteiger partial charge in [-0.15, -0.1) is 23.4 Å². The molecule has 0 spiro atoms. The normalized spacial score (nSPS) is 28.2. The quantitative estimate of drug-likeness (QED) is 0.0555. The highest BCUT2D eigenvalue weighted by Gasteiger charge is 2.50. The zero-order valence-corrected chi connectivity index (χ0v) is 31.2. The monoisotopic (exact) mass is 690 g/mol. The highest BCUT2D eigenvalue weighted by atomic mass is 35.5. The number of hydrogen-bond donors (Lipinski definition) is 3. The van der Waals surface area contributed by atoms with E-state index in [1.165, 1.54) is 88.8 Å². The van der Waals surface area contributed by atoms with E-state index in [4.69, 9.17) is 21.1 Å². The third kappa shape index (κ3) is 14.5. The lowest BCUT2D eigenvalue weighted by atomic mass is 9.92. The summed E-state index contributed by atoms with van der Waals surface area (Å²) in [5, 5.41) is 24.7. The molecule has 270 valence electrons. The van der Waals surface area contributed by atoms with Gasteiger partial charge in [0.1, 0.15) is 23.7 Å². The Hall–Kier alpha value is -0.580. The van der Waals surface area contributed by atoms with Crippen LogP contribution < -0.4 is 5.32 Å². The number of halogens is 1. The van der Waals surface area contributed by atoms with E-state index in [9.17, 15) is 19.8 Å². The molecule has 0 aliphatic carbocycles. The van der Waals surface area contributed by atoms with Gasteiger partial charge < -0.3 is 25.0 Å². The van der Waals surface area contributed by atoms with Crippen LogP contribution in [-0.2, 0) is 19.1 Å². The van der Waals surface area contributed by atoms with Crippen LogP contribution in [0.1, 0.15) is 143 Å². The van der Waals surface area contributed by atoms with Crippen LogP contribution in [0, 0.1) is 5.92 Å². The number of rotatable bonds is 24. The summed E-state index contributed by atoms with van der Waals surface area (Å²) in [5.74, 6) is -0.0724. The summed E-state index contributed by atoms with van der Waals surface area (Å²) in [7, 11) is 1.96. The maximum absolute atomic E-state index is 13.3. The summed E-state index contributed by atoms with van der Waals surface area (Å²) in [6.45, 7) is 7.02. The van der Waals surface area contributed by atoms with Gasteiger partial charge in [0.2, 0.25) is 5.91 Å². The van der Waals surface area contributed by atoms with Crippen molar-refractivity contribution >= 4 is 35.2 Å². The van der Waals surface area contributed by atoms with Crippen molar-refractivity contribution in [3.05, 3.63) is 0 Å². The summed E-state index contributed by atoms with van der Waals surface area (Å²) in [4.78, 5) is 28.1. The topological polar surface area (TPSA) is 108 Å². The molecule has 46 heavy (non-hydrogen) atoms. The van der Waals surface area contributed by atoms with Gasteiger partial charge in [-0.05, 0) is 45.4 Å². The lowest BCUT2D eigenvalue weighted by molar-refractivity contribution is -0.218. The Morgan fingerprint density at radius 3 is 1.96 bits per heavy atom. The van der Waals surface area contributed by atoms with Gasteiger partial charge >= 0.3 is 5.97 Å². The van der Waals surface area contributed by atoms with Crippen molar-refractivity contribution in [2.75, 3.05) is 19.8 Å². The molecule has 2 saturated heterocycles. The second-order valence-electron chi connectivity index (χ2n) is 13.9. The van der Waals surface area contributed by atoms with Crippen LogP contribution in [0.4, 0.5) is 0 Å². The molecule has 2 aliphatic heterocycles.